The Morgan fingerprint density at radius 1 is 1.44 bits per heavy atom. The number of H-pyrrole nitrogens is 1. The molecule has 0 spiro atoms. The maximum absolute atomic E-state index is 12.4. The summed E-state index contributed by atoms with van der Waals surface area (Å²) in [5.74, 6) is 0.964. The number of nitrogens with zero attached hydrogens (tertiary/aromatic N) is 3. The van der Waals surface area contributed by atoms with Gasteiger partial charge in [0.15, 0.2) is 0 Å². The van der Waals surface area contributed by atoms with Crippen molar-refractivity contribution in [2.75, 3.05) is 7.05 Å². The molecule has 0 saturated carbocycles. The van der Waals surface area contributed by atoms with Gasteiger partial charge in [0.05, 0.1) is 24.7 Å². The van der Waals surface area contributed by atoms with Crippen LogP contribution < -0.4 is 0 Å². The van der Waals surface area contributed by atoms with Gasteiger partial charge in [0.1, 0.15) is 12.2 Å². The van der Waals surface area contributed by atoms with E-state index in [4.69, 9.17) is 4.74 Å². The summed E-state index contributed by atoms with van der Waals surface area (Å²) in [6.45, 7) is 6.50. The summed E-state index contributed by atoms with van der Waals surface area (Å²) in [7, 11) is 1.78. The number of nitrogens with one attached hydrogen (secondary N) is 1. The molecule has 100 valence electrons. The highest BCUT2D eigenvalue weighted by molar-refractivity contribution is 5.79. The van der Waals surface area contributed by atoms with Crippen LogP contribution in [0.3, 0.4) is 0 Å². The molecule has 6 heteroatoms. The van der Waals surface area contributed by atoms with Crippen molar-refractivity contribution in [3.8, 4) is 0 Å². The molecule has 1 saturated heterocycles. The first-order valence-electron chi connectivity index (χ1n) is 6.25. The molecule has 4 unspecified atom stereocenters. The predicted octanol–water partition coefficient (Wildman–Crippen LogP) is 0.823. The predicted molar refractivity (Wildman–Crippen MR) is 65.5 cm³/mol. The number of amides is 1. The monoisotopic (exact) mass is 252 g/mol. The third kappa shape index (κ3) is 2.38. The molecule has 2 heterocycles. The number of aromatic amines is 1. The van der Waals surface area contributed by atoms with Gasteiger partial charge in [-0.2, -0.15) is 5.10 Å². The molecular formula is C12H20N4O2. The molecule has 4 atom stereocenters. The first-order chi connectivity index (χ1) is 8.50. The Labute approximate surface area is 107 Å². The molecule has 0 aromatic carbocycles. The van der Waals surface area contributed by atoms with Crippen LogP contribution in [0.15, 0.2) is 6.33 Å². The summed E-state index contributed by atoms with van der Waals surface area (Å²) in [6.07, 6.45) is 1.55. The zero-order valence-electron chi connectivity index (χ0n) is 11.3. The van der Waals surface area contributed by atoms with Gasteiger partial charge in [-0.3, -0.25) is 9.89 Å². The van der Waals surface area contributed by atoms with Gasteiger partial charge in [-0.15, -0.1) is 0 Å². The number of aromatic nitrogens is 3. The van der Waals surface area contributed by atoms with Crippen molar-refractivity contribution in [2.45, 2.75) is 39.5 Å². The van der Waals surface area contributed by atoms with Crippen LogP contribution in [0.2, 0.25) is 0 Å². The highest BCUT2D eigenvalue weighted by Crippen LogP contribution is 2.33. The van der Waals surface area contributed by atoms with E-state index in [1.807, 2.05) is 13.8 Å². The number of carbonyl (C=O) groups excluding carboxylic acids is 1. The Balaban J connectivity index is 2.02. The molecule has 18 heavy (non-hydrogen) atoms. The zero-order valence-corrected chi connectivity index (χ0v) is 11.3. The van der Waals surface area contributed by atoms with Crippen molar-refractivity contribution in [3.63, 3.8) is 0 Å². The SMILES string of the molecule is CC1OC(C)C(C(=O)N(C)Cc2ncn[nH]2)C1C. The Morgan fingerprint density at radius 3 is 2.67 bits per heavy atom. The number of carbonyl (C=O) groups is 1. The third-order valence-electron chi connectivity index (χ3n) is 3.76. The minimum atomic E-state index is -0.0760. The molecule has 1 fully saturated rings. The van der Waals surface area contributed by atoms with Gasteiger partial charge in [-0.05, 0) is 19.8 Å². The van der Waals surface area contributed by atoms with Gasteiger partial charge >= 0.3 is 0 Å². The minimum Gasteiger partial charge on any atom is -0.374 e. The van der Waals surface area contributed by atoms with Gasteiger partial charge in [0.2, 0.25) is 5.91 Å². The number of rotatable bonds is 3. The van der Waals surface area contributed by atoms with E-state index >= 15 is 0 Å². The van der Waals surface area contributed by atoms with Crippen LogP contribution in [0, 0.1) is 11.8 Å². The Bertz CT molecular complexity index is 406. The van der Waals surface area contributed by atoms with Crippen LogP contribution in [0.1, 0.15) is 26.6 Å². The van der Waals surface area contributed by atoms with Gasteiger partial charge < -0.3 is 9.64 Å². The molecule has 0 bridgehead atoms. The van der Waals surface area contributed by atoms with Crippen LogP contribution in [-0.2, 0) is 16.1 Å². The van der Waals surface area contributed by atoms with Crippen LogP contribution in [-0.4, -0.2) is 45.2 Å². The van der Waals surface area contributed by atoms with Crippen LogP contribution in [0.4, 0.5) is 0 Å². The van der Waals surface area contributed by atoms with Crippen molar-refractivity contribution in [3.05, 3.63) is 12.2 Å². The summed E-state index contributed by atoms with van der Waals surface area (Å²) in [4.78, 5) is 18.1. The quantitative estimate of drug-likeness (QED) is 0.864. The molecule has 1 aromatic heterocycles. The molecule has 1 amide bonds. The first kappa shape index (κ1) is 13.0. The molecule has 0 radical (unpaired) electrons. The summed E-state index contributed by atoms with van der Waals surface area (Å²) < 4.78 is 5.71. The lowest BCUT2D eigenvalue weighted by molar-refractivity contribution is -0.137. The van der Waals surface area contributed by atoms with Gasteiger partial charge in [-0.1, -0.05) is 6.92 Å². The second-order valence-corrected chi connectivity index (χ2v) is 5.06. The average Bonchev–Trinajstić information content (AvgIpc) is 2.88. The minimum absolute atomic E-state index is 0.0281. The molecular weight excluding hydrogens is 232 g/mol. The number of hydrogen-bond donors (Lipinski definition) is 1. The topological polar surface area (TPSA) is 71.1 Å². The zero-order chi connectivity index (χ0) is 13.3. The molecule has 0 aliphatic carbocycles. The number of ether oxygens (including phenoxy) is 1. The normalized spacial score (nSPS) is 31.6. The molecule has 1 aromatic rings. The second-order valence-electron chi connectivity index (χ2n) is 5.06. The van der Waals surface area contributed by atoms with E-state index in [9.17, 15) is 4.79 Å². The molecule has 1 N–H and O–H groups in total. The third-order valence-corrected chi connectivity index (χ3v) is 3.76. The summed E-state index contributed by atoms with van der Waals surface area (Å²) >= 11 is 0. The fourth-order valence-electron chi connectivity index (χ4n) is 2.56. The van der Waals surface area contributed by atoms with E-state index in [0.717, 1.165) is 0 Å². The molecule has 1 aliphatic heterocycles. The molecule has 2 rings (SSSR count). The summed E-state index contributed by atoms with van der Waals surface area (Å²) in [5.41, 5.74) is 0. The highest BCUT2D eigenvalue weighted by atomic mass is 16.5. The molecule has 6 nitrogen and oxygen atoms in total. The summed E-state index contributed by atoms with van der Waals surface area (Å²) in [5, 5.41) is 6.53. The van der Waals surface area contributed by atoms with Gasteiger partial charge in [0, 0.05) is 7.05 Å². The smallest absolute Gasteiger partial charge is 0.228 e. The Morgan fingerprint density at radius 2 is 2.17 bits per heavy atom. The lowest BCUT2D eigenvalue weighted by atomic mass is 9.88. The van der Waals surface area contributed by atoms with Gasteiger partial charge in [0.25, 0.3) is 0 Å². The van der Waals surface area contributed by atoms with E-state index in [2.05, 4.69) is 22.1 Å². The van der Waals surface area contributed by atoms with Crippen molar-refractivity contribution >= 4 is 5.91 Å². The van der Waals surface area contributed by atoms with Crippen molar-refractivity contribution in [1.29, 1.82) is 0 Å². The average molecular weight is 252 g/mol. The highest BCUT2D eigenvalue weighted by Gasteiger charge is 2.42. The van der Waals surface area contributed by atoms with Crippen molar-refractivity contribution < 1.29 is 9.53 Å². The van der Waals surface area contributed by atoms with Crippen LogP contribution >= 0.6 is 0 Å². The number of hydrogen-bond acceptors (Lipinski definition) is 4. The fraction of sp³-hybridized carbons (Fsp3) is 0.750. The second kappa shape index (κ2) is 5.06. The lowest BCUT2D eigenvalue weighted by Gasteiger charge is -2.24. The van der Waals surface area contributed by atoms with E-state index in [0.29, 0.717) is 12.4 Å². The maximum atomic E-state index is 12.4. The fourth-order valence-corrected chi connectivity index (χ4v) is 2.56. The first-order valence-corrected chi connectivity index (χ1v) is 6.25. The van der Waals surface area contributed by atoms with Crippen molar-refractivity contribution in [1.82, 2.24) is 20.1 Å². The standard InChI is InChI=1S/C12H20N4O2/c1-7-8(2)18-9(3)11(7)12(17)16(4)5-10-13-6-14-15-10/h6-9,11H,5H2,1-4H3,(H,13,14,15). The van der Waals surface area contributed by atoms with E-state index in [1.54, 1.807) is 11.9 Å². The van der Waals surface area contributed by atoms with E-state index in [1.165, 1.54) is 6.33 Å². The Hall–Kier alpha value is -1.43. The van der Waals surface area contributed by atoms with E-state index < -0.39 is 0 Å². The van der Waals surface area contributed by atoms with E-state index in [-0.39, 0.29) is 30.0 Å². The van der Waals surface area contributed by atoms with Crippen LogP contribution in [0.5, 0.6) is 0 Å². The molecule has 1 aliphatic rings. The van der Waals surface area contributed by atoms with Crippen LogP contribution in [0.25, 0.3) is 0 Å². The Kier molecular flexibility index (Phi) is 3.65. The van der Waals surface area contributed by atoms with Gasteiger partial charge in [-0.25, -0.2) is 4.98 Å². The summed E-state index contributed by atoms with van der Waals surface area (Å²) in [6, 6.07) is 0. The maximum Gasteiger partial charge on any atom is 0.228 e. The lowest BCUT2D eigenvalue weighted by Crippen LogP contribution is -2.38. The largest absolute Gasteiger partial charge is 0.374 e. The van der Waals surface area contributed by atoms with Crippen molar-refractivity contribution in [2.24, 2.45) is 11.8 Å².